The summed E-state index contributed by atoms with van der Waals surface area (Å²) in [5.41, 5.74) is 7.58. The molecule has 4 heteroatoms. The molecule has 0 saturated heterocycles. The molecule has 0 spiro atoms. The maximum Gasteiger partial charge on any atom is 0.231 e. The number of benzene rings is 2. The quantitative estimate of drug-likeness (QED) is 0.931. The molecule has 0 saturated carbocycles. The predicted octanol–water partition coefficient (Wildman–Crippen LogP) is 2.84. The molecule has 1 unspecified atom stereocenters. The maximum atomic E-state index is 13.7. The van der Waals surface area contributed by atoms with E-state index in [9.17, 15) is 4.39 Å². The smallest absolute Gasteiger partial charge is 0.231 e. The highest BCUT2D eigenvalue weighted by Gasteiger charge is 2.18. The molecule has 3 rings (SSSR count). The minimum Gasteiger partial charge on any atom is -0.454 e. The minimum atomic E-state index is -0.188. The summed E-state index contributed by atoms with van der Waals surface area (Å²) in [7, 11) is 0. The third kappa shape index (κ3) is 2.47. The lowest BCUT2D eigenvalue weighted by molar-refractivity contribution is 0.174. The fourth-order valence-corrected chi connectivity index (χ4v) is 2.43. The SMILES string of the molecule is NCC(Cc1ccccc1F)c1ccc2c(c1)OCO2. The normalized spacial score (nSPS) is 14.3. The van der Waals surface area contributed by atoms with Crippen molar-refractivity contribution in [2.75, 3.05) is 13.3 Å². The van der Waals surface area contributed by atoms with Gasteiger partial charge in [-0.1, -0.05) is 24.3 Å². The van der Waals surface area contributed by atoms with Crippen LogP contribution in [0.5, 0.6) is 11.5 Å². The minimum absolute atomic E-state index is 0.0569. The Kier molecular flexibility index (Phi) is 3.56. The van der Waals surface area contributed by atoms with Gasteiger partial charge in [0.1, 0.15) is 5.82 Å². The van der Waals surface area contributed by atoms with E-state index in [-0.39, 0.29) is 18.5 Å². The van der Waals surface area contributed by atoms with Crippen LogP contribution >= 0.6 is 0 Å². The Morgan fingerprint density at radius 2 is 1.90 bits per heavy atom. The summed E-state index contributed by atoms with van der Waals surface area (Å²) >= 11 is 0. The molecule has 2 aromatic rings. The van der Waals surface area contributed by atoms with E-state index in [0.717, 1.165) is 17.1 Å². The zero-order chi connectivity index (χ0) is 13.9. The van der Waals surface area contributed by atoms with Crippen LogP contribution in [0.25, 0.3) is 0 Å². The summed E-state index contributed by atoms with van der Waals surface area (Å²) in [6.07, 6.45) is 0.572. The third-order valence-corrected chi connectivity index (χ3v) is 3.58. The number of nitrogens with two attached hydrogens (primary N) is 1. The van der Waals surface area contributed by atoms with Gasteiger partial charge in [0.15, 0.2) is 11.5 Å². The van der Waals surface area contributed by atoms with Crippen LogP contribution in [0.1, 0.15) is 17.0 Å². The molecule has 104 valence electrons. The van der Waals surface area contributed by atoms with Crippen LogP contribution in [0, 0.1) is 5.82 Å². The Labute approximate surface area is 117 Å². The molecule has 0 radical (unpaired) electrons. The van der Waals surface area contributed by atoms with Crippen molar-refractivity contribution in [3.05, 3.63) is 59.4 Å². The number of fused-ring (bicyclic) bond motifs is 1. The number of ether oxygens (including phenoxy) is 2. The molecule has 0 aliphatic carbocycles. The van der Waals surface area contributed by atoms with Gasteiger partial charge in [0.25, 0.3) is 0 Å². The average molecular weight is 273 g/mol. The van der Waals surface area contributed by atoms with Crippen LogP contribution < -0.4 is 15.2 Å². The van der Waals surface area contributed by atoms with Crippen LogP contribution in [0.2, 0.25) is 0 Å². The van der Waals surface area contributed by atoms with E-state index in [2.05, 4.69) is 0 Å². The van der Waals surface area contributed by atoms with Crippen molar-refractivity contribution >= 4 is 0 Å². The lowest BCUT2D eigenvalue weighted by Gasteiger charge is -2.16. The largest absolute Gasteiger partial charge is 0.454 e. The molecule has 0 amide bonds. The Balaban J connectivity index is 1.85. The standard InChI is InChI=1S/C16H16FNO2/c17-14-4-2-1-3-12(14)7-13(9-18)11-5-6-15-16(8-11)20-10-19-15/h1-6,8,13H,7,9-10,18H2. The molecule has 0 bridgehead atoms. The second-order valence-electron chi connectivity index (χ2n) is 4.84. The summed E-state index contributed by atoms with van der Waals surface area (Å²) in [6, 6.07) is 12.6. The van der Waals surface area contributed by atoms with E-state index in [4.69, 9.17) is 15.2 Å². The summed E-state index contributed by atoms with van der Waals surface area (Å²) in [5, 5.41) is 0. The molecule has 1 aliphatic heterocycles. The zero-order valence-electron chi connectivity index (χ0n) is 11.0. The lowest BCUT2D eigenvalue weighted by atomic mass is 9.91. The Morgan fingerprint density at radius 1 is 1.10 bits per heavy atom. The number of hydrogen-bond acceptors (Lipinski definition) is 3. The number of hydrogen-bond donors (Lipinski definition) is 1. The van der Waals surface area contributed by atoms with Gasteiger partial charge in [-0.05, 0) is 42.3 Å². The monoisotopic (exact) mass is 273 g/mol. The molecule has 0 aromatic heterocycles. The van der Waals surface area contributed by atoms with Gasteiger partial charge >= 0.3 is 0 Å². The number of halogens is 1. The van der Waals surface area contributed by atoms with E-state index in [0.29, 0.717) is 18.5 Å². The summed E-state index contributed by atoms with van der Waals surface area (Å²) < 4.78 is 24.4. The van der Waals surface area contributed by atoms with Crippen molar-refractivity contribution in [2.45, 2.75) is 12.3 Å². The average Bonchev–Trinajstić information content (AvgIpc) is 2.94. The molecule has 1 heterocycles. The van der Waals surface area contributed by atoms with E-state index in [1.54, 1.807) is 12.1 Å². The Hall–Kier alpha value is -2.07. The van der Waals surface area contributed by atoms with Gasteiger partial charge in [-0.2, -0.15) is 0 Å². The van der Waals surface area contributed by atoms with Crippen molar-refractivity contribution in [2.24, 2.45) is 5.73 Å². The van der Waals surface area contributed by atoms with Crippen LogP contribution in [0.15, 0.2) is 42.5 Å². The van der Waals surface area contributed by atoms with Crippen LogP contribution in [0.3, 0.4) is 0 Å². The zero-order valence-corrected chi connectivity index (χ0v) is 11.0. The van der Waals surface area contributed by atoms with Gasteiger partial charge in [0.2, 0.25) is 6.79 Å². The lowest BCUT2D eigenvalue weighted by Crippen LogP contribution is -2.15. The van der Waals surface area contributed by atoms with Gasteiger partial charge in [-0.15, -0.1) is 0 Å². The Bertz CT molecular complexity index is 615. The van der Waals surface area contributed by atoms with Gasteiger partial charge in [0, 0.05) is 5.92 Å². The van der Waals surface area contributed by atoms with E-state index >= 15 is 0 Å². The highest BCUT2D eigenvalue weighted by molar-refractivity contribution is 5.45. The van der Waals surface area contributed by atoms with Gasteiger partial charge < -0.3 is 15.2 Å². The molecule has 0 fully saturated rings. The van der Waals surface area contributed by atoms with Crippen LogP contribution in [-0.4, -0.2) is 13.3 Å². The van der Waals surface area contributed by atoms with E-state index in [1.807, 2.05) is 24.3 Å². The van der Waals surface area contributed by atoms with Gasteiger partial charge in [0.05, 0.1) is 0 Å². The summed E-state index contributed by atoms with van der Waals surface area (Å²) in [5.74, 6) is 1.35. The first-order valence-corrected chi connectivity index (χ1v) is 6.61. The highest BCUT2D eigenvalue weighted by Crippen LogP contribution is 2.35. The van der Waals surface area contributed by atoms with Crippen molar-refractivity contribution in [1.82, 2.24) is 0 Å². The van der Waals surface area contributed by atoms with Crippen molar-refractivity contribution < 1.29 is 13.9 Å². The molecule has 3 nitrogen and oxygen atoms in total. The van der Waals surface area contributed by atoms with Crippen LogP contribution in [-0.2, 0) is 6.42 Å². The first-order valence-electron chi connectivity index (χ1n) is 6.61. The molecular formula is C16H16FNO2. The number of rotatable bonds is 4. The first-order chi connectivity index (χ1) is 9.78. The highest BCUT2D eigenvalue weighted by atomic mass is 19.1. The second kappa shape index (κ2) is 5.51. The molecule has 20 heavy (non-hydrogen) atoms. The summed E-state index contributed by atoms with van der Waals surface area (Å²) in [6.45, 7) is 0.702. The van der Waals surface area contributed by atoms with Crippen LogP contribution in [0.4, 0.5) is 4.39 Å². The molecule has 2 N–H and O–H groups in total. The molecule has 2 aromatic carbocycles. The Morgan fingerprint density at radius 3 is 2.70 bits per heavy atom. The fourth-order valence-electron chi connectivity index (χ4n) is 2.43. The summed E-state index contributed by atoms with van der Waals surface area (Å²) in [4.78, 5) is 0. The molecule has 1 aliphatic rings. The topological polar surface area (TPSA) is 44.5 Å². The van der Waals surface area contributed by atoms with Gasteiger partial charge in [-0.3, -0.25) is 0 Å². The predicted molar refractivity (Wildman–Crippen MR) is 74.5 cm³/mol. The van der Waals surface area contributed by atoms with Crippen molar-refractivity contribution in [3.8, 4) is 11.5 Å². The first kappa shape index (κ1) is 12.9. The van der Waals surface area contributed by atoms with E-state index < -0.39 is 0 Å². The molecule has 1 atom stereocenters. The van der Waals surface area contributed by atoms with E-state index in [1.165, 1.54) is 6.07 Å². The fraction of sp³-hybridized carbons (Fsp3) is 0.250. The van der Waals surface area contributed by atoms with Crippen molar-refractivity contribution in [3.63, 3.8) is 0 Å². The van der Waals surface area contributed by atoms with Gasteiger partial charge in [-0.25, -0.2) is 4.39 Å². The molecular weight excluding hydrogens is 257 g/mol. The van der Waals surface area contributed by atoms with Crippen molar-refractivity contribution in [1.29, 1.82) is 0 Å². The maximum absolute atomic E-state index is 13.7. The third-order valence-electron chi connectivity index (χ3n) is 3.58. The second-order valence-corrected chi connectivity index (χ2v) is 4.84.